The Morgan fingerprint density at radius 2 is 1.23 bits per heavy atom. The predicted molar refractivity (Wildman–Crippen MR) is 176 cm³/mol. The van der Waals surface area contributed by atoms with Crippen molar-refractivity contribution < 1.29 is 14.4 Å². The first-order valence-corrected chi connectivity index (χ1v) is 15.8. The second-order valence-electron chi connectivity index (χ2n) is 13.2. The van der Waals surface area contributed by atoms with Crippen molar-refractivity contribution in [3.8, 4) is 11.1 Å². The zero-order valence-electron chi connectivity index (χ0n) is 27.0. The van der Waals surface area contributed by atoms with Crippen LogP contribution in [0.1, 0.15) is 57.6 Å². The van der Waals surface area contributed by atoms with E-state index >= 15 is 0 Å². The minimum Gasteiger partial charge on any atom is -0.333 e. The van der Waals surface area contributed by atoms with Crippen molar-refractivity contribution in [3.63, 3.8) is 0 Å². The second-order valence-corrected chi connectivity index (χ2v) is 13.2. The maximum absolute atomic E-state index is 14.4. The van der Waals surface area contributed by atoms with Crippen molar-refractivity contribution in [2.75, 3.05) is 27.2 Å². The van der Waals surface area contributed by atoms with Crippen LogP contribution in [0.5, 0.6) is 0 Å². The number of hydrogen-bond acceptors (Lipinski definition) is 4. The maximum Gasteiger partial charge on any atom is 0.257 e. The minimum absolute atomic E-state index is 0.0949. The van der Waals surface area contributed by atoms with Crippen molar-refractivity contribution in [1.82, 2.24) is 20.2 Å². The van der Waals surface area contributed by atoms with E-state index in [9.17, 15) is 14.4 Å². The molecule has 1 N–H and O–H groups in total. The predicted octanol–water partition coefficient (Wildman–Crippen LogP) is 5.75. The molecule has 3 aromatic rings. The van der Waals surface area contributed by atoms with Gasteiger partial charge in [0, 0.05) is 46.4 Å². The molecule has 1 aliphatic rings. The first-order valence-electron chi connectivity index (χ1n) is 15.8. The summed E-state index contributed by atoms with van der Waals surface area (Å²) in [4.78, 5) is 44.8. The molecule has 1 saturated heterocycles. The number of benzene rings is 3. The molecular formula is C37H48N4O3. The van der Waals surface area contributed by atoms with Crippen LogP contribution in [0.3, 0.4) is 0 Å². The third-order valence-electron chi connectivity index (χ3n) is 8.33. The molecule has 3 aromatic carbocycles. The number of carbonyl (C=O) groups is 3. The third-order valence-corrected chi connectivity index (χ3v) is 8.33. The van der Waals surface area contributed by atoms with E-state index in [-0.39, 0.29) is 23.1 Å². The van der Waals surface area contributed by atoms with Crippen LogP contribution in [0, 0.1) is 5.41 Å². The number of likely N-dealkylation sites (N-methyl/N-ethyl adjacent to an activating group) is 2. The molecule has 7 nitrogen and oxygen atoms in total. The smallest absolute Gasteiger partial charge is 0.257 e. The number of piperidine rings is 1. The lowest BCUT2D eigenvalue weighted by Crippen LogP contribution is -2.58. The highest BCUT2D eigenvalue weighted by molar-refractivity contribution is 5.92. The highest BCUT2D eigenvalue weighted by Gasteiger charge is 2.36. The van der Waals surface area contributed by atoms with Crippen molar-refractivity contribution in [2.45, 2.75) is 71.4 Å². The summed E-state index contributed by atoms with van der Waals surface area (Å²) < 4.78 is 0. The number of amides is 3. The van der Waals surface area contributed by atoms with Gasteiger partial charge >= 0.3 is 0 Å². The summed E-state index contributed by atoms with van der Waals surface area (Å²) in [7, 11) is 3.40. The molecule has 234 valence electrons. The van der Waals surface area contributed by atoms with Gasteiger partial charge in [-0.25, -0.2) is 5.01 Å². The molecule has 0 aromatic heterocycles. The van der Waals surface area contributed by atoms with Crippen LogP contribution in [0.4, 0.5) is 0 Å². The standard InChI is InChI=1S/C37H48N4O3/c1-37(2,3)27-34(42)39(4)33(26-29-19-21-31(22-20-29)30-17-11-7-12-18-30)36(44)40(5)32(25-28-15-9-6-10-16-28)35(43)38-41-23-13-8-14-24-41/h6-7,9-12,15-22,32-33H,8,13-14,23-27H2,1-5H3,(H,38,43)/t32?,33-/m1/s1. The molecule has 0 spiro atoms. The largest absolute Gasteiger partial charge is 0.333 e. The Morgan fingerprint density at radius 1 is 0.705 bits per heavy atom. The van der Waals surface area contributed by atoms with Gasteiger partial charge in [0.15, 0.2) is 0 Å². The molecule has 3 amide bonds. The van der Waals surface area contributed by atoms with E-state index in [1.165, 1.54) is 0 Å². The van der Waals surface area contributed by atoms with Crippen molar-refractivity contribution >= 4 is 17.7 Å². The van der Waals surface area contributed by atoms with Crippen molar-refractivity contribution in [2.24, 2.45) is 5.41 Å². The second kappa shape index (κ2) is 15.2. The van der Waals surface area contributed by atoms with Crippen LogP contribution in [0.15, 0.2) is 84.9 Å². The molecule has 7 heteroatoms. The topological polar surface area (TPSA) is 73.0 Å². The van der Waals surface area contributed by atoms with Crippen molar-refractivity contribution in [3.05, 3.63) is 96.1 Å². The number of hydrazine groups is 1. The molecule has 0 bridgehead atoms. The molecule has 1 aliphatic heterocycles. The minimum atomic E-state index is -0.765. The summed E-state index contributed by atoms with van der Waals surface area (Å²) in [5, 5.41) is 1.97. The number of nitrogens with zero attached hydrogens (tertiary/aromatic N) is 3. The van der Waals surface area contributed by atoms with E-state index in [1.54, 1.807) is 23.9 Å². The number of rotatable bonds is 11. The highest BCUT2D eigenvalue weighted by Crippen LogP contribution is 2.24. The van der Waals surface area contributed by atoms with Gasteiger partial charge in [-0.3, -0.25) is 19.8 Å². The zero-order chi connectivity index (χ0) is 31.7. The van der Waals surface area contributed by atoms with E-state index in [0.717, 1.165) is 54.6 Å². The molecule has 4 rings (SSSR count). The van der Waals surface area contributed by atoms with Crippen LogP contribution < -0.4 is 5.43 Å². The van der Waals surface area contributed by atoms with Gasteiger partial charge in [0.2, 0.25) is 11.8 Å². The van der Waals surface area contributed by atoms with Gasteiger partial charge in [-0.15, -0.1) is 0 Å². The first kappa shape index (κ1) is 32.9. The van der Waals surface area contributed by atoms with Gasteiger partial charge in [-0.1, -0.05) is 112 Å². The molecule has 0 aliphatic carbocycles. The highest BCUT2D eigenvalue weighted by atomic mass is 16.2. The Bertz CT molecular complexity index is 1360. The van der Waals surface area contributed by atoms with Crippen LogP contribution in [0.2, 0.25) is 0 Å². The van der Waals surface area contributed by atoms with Crippen LogP contribution in [0.25, 0.3) is 11.1 Å². The fourth-order valence-electron chi connectivity index (χ4n) is 5.70. The van der Waals surface area contributed by atoms with Gasteiger partial charge < -0.3 is 9.80 Å². The average Bonchev–Trinajstić information content (AvgIpc) is 3.02. The van der Waals surface area contributed by atoms with E-state index in [4.69, 9.17) is 0 Å². The Labute approximate surface area is 263 Å². The van der Waals surface area contributed by atoms with Gasteiger partial charge in [0.1, 0.15) is 12.1 Å². The summed E-state index contributed by atoms with van der Waals surface area (Å²) in [5.41, 5.74) is 6.98. The lowest BCUT2D eigenvalue weighted by molar-refractivity contribution is -0.149. The lowest BCUT2D eigenvalue weighted by Gasteiger charge is -2.36. The lowest BCUT2D eigenvalue weighted by atomic mass is 9.91. The molecule has 2 atom stereocenters. The zero-order valence-corrected chi connectivity index (χ0v) is 27.0. The summed E-state index contributed by atoms with van der Waals surface area (Å²) in [6.07, 6.45) is 4.25. The monoisotopic (exact) mass is 596 g/mol. The van der Waals surface area contributed by atoms with Gasteiger partial charge in [0.05, 0.1) is 0 Å². The van der Waals surface area contributed by atoms with Gasteiger partial charge in [0.25, 0.3) is 5.91 Å². The van der Waals surface area contributed by atoms with Gasteiger partial charge in [-0.2, -0.15) is 0 Å². The van der Waals surface area contributed by atoms with E-state index in [2.05, 4.69) is 29.7 Å². The SMILES string of the molecule is CN(C(=O)[C@@H](Cc1ccc(-c2ccccc2)cc1)N(C)C(=O)CC(C)(C)C)C(Cc1ccccc1)C(=O)NN1CCCCC1. The summed E-state index contributed by atoms with van der Waals surface area (Å²) >= 11 is 0. The Balaban J connectivity index is 1.61. The average molecular weight is 597 g/mol. The van der Waals surface area contributed by atoms with Gasteiger partial charge in [-0.05, 0) is 40.5 Å². The van der Waals surface area contributed by atoms with Crippen molar-refractivity contribution in [1.29, 1.82) is 0 Å². The van der Waals surface area contributed by atoms with E-state index < -0.39 is 12.1 Å². The molecule has 0 saturated carbocycles. The first-order chi connectivity index (χ1) is 21.0. The Hall–Kier alpha value is -3.97. The molecule has 1 fully saturated rings. The molecule has 1 heterocycles. The fraction of sp³-hybridized carbons (Fsp3) is 0.432. The van der Waals surface area contributed by atoms with E-state index in [1.807, 2.05) is 86.4 Å². The Morgan fingerprint density at radius 3 is 1.82 bits per heavy atom. The molecule has 1 unspecified atom stereocenters. The number of carbonyl (C=O) groups excluding carboxylic acids is 3. The summed E-state index contributed by atoms with van der Waals surface area (Å²) in [6.45, 7) is 7.65. The Kier molecular flexibility index (Phi) is 11.3. The maximum atomic E-state index is 14.4. The summed E-state index contributed by atoms with van der Waals surface area (Å²) in [5.74, 6) is -0.555. The fourth-order valence-corrected chi connectivity index (χ4v) is 5.70. The number of hydrogen-bond donors (Lipinski definition) is 1. The van der Waals surface area contributed by atoms with Crippen LogP contribution in [-0.2, 0) is 27.2 Å². The third kappa shape index (κ3) is 9.26. The molecule has 0 radical (unpaired) electrons. The number of nitrogens with one attached hydrogen (secondary N) is 1. The molecular weight excluding hydrogens is 548 g/mol. The van der Waals surface area contributed by atoms with Crippen LogP contribution in [-0.4, -0.2) is 71.8 Å². The normalized spacial score (nSPS) is 15.2. The quantitative estimate of drug-likeness (QED) is 0.306. The van der Waals surface area contributed by atoms with Crippen LogP contribution >= 0.6 is 0 Å². The van der Waals surface area contributed by atoms with E-state index in [0.29, 0.717) is 19.3 Å². The molecule has 44 heavy (non-hydrogen) atoms. The summed E-state index contributed by atoms with van der Waals surface area (Å²) in [6, 6.07) is 26.6.